The Bertz CT molecular complexity index is 279. The fourth-order valence-electron chi connectivity index (χ4n) is 1.14. The fraction of sp³-hybridized carbons (Fsp3) is 0.556. The van der Waals surface area contributed by atoms with E-state index in [2.05, 4.69) is 9.47 Å². The highest BCUT2D eigenvalue weighted by molar-refractivity contribution is 5.98. The minimum atomic E-state index is -0.874. The van der Waals surface area contributed by atoms with Crippen molar-refractivity contribution in [2.24, 2.45) is 0 Å². The van der Waals surface area contributed by atoms with Crippen LogP contribution in [-0.4, -0.2) is 30.3 Å². The van der Waals surface area contributed by atoms with E-state index < -0.39 is 17.7 Å². The third-order valence-electron chi connectivity index (χ3n) is 1.81. The predicted molar refractivity (Wildman–Crippen MR) is 46.5 cm³/mol. The first-order chi connectivity index (χ1) is 6.66. The molecule has 1 aliphatic rings. The van der Waals surface area contributed by atoms with Crippen LogP contribution in [-0.2, 0) is 19.1 Å². The van der Waals surface area contributed by atoms with E-state index in [4.69, 9.17) is 0 Å². The predicted octanol–water partition coefficient (Wildman–Crippen LogP) is 0.699. The van der Waals surface area contributed by atoms with Crippen molar-refractivity contribution in [2.75, 3.05) is 13.2 Å². The third-order valence-corrected chi connectivity index (χ3v) is 1.81. The molecule has 0 aliphatic carbocycles. The van der Waals surface area contributed by atoms with Crippen molar-refractivity contribution in [1.29, 1.82) is 0 Å². The Balaban J connectivity index is 2.79. The molecule has 1 aliphatic heterocycles. The topological polar surface area (TPSA) is 72.8 Å². The van der Waals surface area contributed by atoms with Crippen LogP contribution < -0.4 is 0 Å². The van der Waals surface area contributed by atoms with Crippen LogP contribution in [0.1, 0.15) is 19.8 Å². The lowest BCUT2D eigenvalue weighted by atomic mass is 10.1. The lowest BCUT2D eigenvalue weighted by Gasteiger charge is -2.14. The van der Waals surface area contributed by atoms with E-state index in [9.17, 15) is 14.7 Å². The van der Waals surface area contributed by atoms with Crippen LogP contribution in [0.2, 0.25) is 0 Å². The first-order valence-corrected chi connectivity index (χ1v) is 4.43. The van der Waals surface area contributed by atoms with Gasteiger partial charge in [0, 0.05) is 0 Å². The number of esters is 2. The van der Waals surface area contributed by atoms with Crippen LogP contribution in [0.25, 0.3) is 0 Å². The molecule has 1 fully saturated rings. The molecule has 1 saturated heterocycles. The number of hydrogen-bond acceptors (Lipinski definition) is 5. The van der Waals surface area contributed by atoms with Gasteiger partial charge in [0.1, 0.15) is 0 Å². The summed E-state index contributed by atoms with van der Waals surface area (Å²) in [5.41, 5.74) is 0.00898. The van der Waals surface area contributed by atoms with Gasteiger partial charge in [-0.1, -0.05) is 0 Å². The molecule has 0 bridgehead atoms. The number of ether oxygens (including phenoxy) is 2. The van der Waals surface area contributed by atoms with Gasteiger partial charge in [-0.05, 0) is 19.8 Å². The minimum Gasteiger partial charge on any atom is -0.501 e. The lowest BCUT2D eigenvalue weighted by molar-refractivity contribution is -0.145. The maximum Gasteiger partial charge on any atom is 0.373 e. The standard InChI is InChI=1S/C9H12O5/c1-2-13-9(12)7(10)6-4-3-5-14-8(6)11/h10H,2-5H2,1H3/b7-6-. The average molecular weight is 200 g/mol. The molecule has 1 heterocycles. The van der Waals surface area contributed by atoms with Crippen LogP contribution in [0.5, 0.6) is 0 Å². The van der Waals surface area contributed by atoms with Crippen molar-refractivity contribution in [3.63, 3.8) is 0 Å². The van der Waals surface area contributed by atoms with Crippen LogP contribution in [0.15, 0.2) is 11.3 Å². The second-order valence-electron chi connectivity index (χ2n) is 2.79. The van der Waals surface area contributed by atoms with Crippen LogP contribution in [0.3, 0.4) is 0 Å². The molecule has 14 heavy (non-hydrogen) atoms. The number of hydrogen-bond donors (Lipinski definition) is 1. The molecule has 0 spiro atoms. The van der Waals surface area contributed by atoms with Crippen molar-refractivity contribution in [3.8, 4) is 0 Å². The van der Waals surface area contributed by atoms with Crippen LogP contribution in [0, 0.1) is 0 Å². The van der Waals surface area contributed by atoms with Gasteiger partial charge < -0.3 is 14.6 Å². The van der Waals surface area contributed by atoms with E-state index in [1.165, 1.54) is 0 Å². The zero-order valence-corrected chi connectivity index (χ0v) is 7.91. The van der Waals surface area contributed by atoms with Crippen LogP contribution >= 0.6 is 0 Å². The monoisotopic (exact) mass is 200 g/mol. The van der Waals surface area contributed by atoms with E-state index in [0.29, 0.717) is 19.4 Å². The first-order valence-electron chi connectivity index (χ1n) is 4.43. The number of carbonyl (C=O) groups excluding carboxylic acids is 2. The summed E-state index contributed by atoms with van der Waals surface area (Å²) in [6.07, 6.45) is 0.966. The van der Waals surface area contributed by atoms with Crippen molar-refractivity contribution >= 4 is 11.9 Å². The molecule has 1 N–H and O–H groups in total. The second kappa shape index (κ2) is 4.64. The van der Waals surface area contributed by atoms with Gasteiger partial charge >= 0.3 is 11.9 Å². The highest BCUT2D eigenvalue weighted by Gasteiger charge is 2.25. The summed E-state index contributed by atoms with van der Waals surface area (Å²) >= 11 is 0. The summed E-state index contributed by atoms with van der Waals surface area (Å²) in [6.45, 7) is 2.11. The SMILES string of the molecule is CCOC(=O)/C(O)=C1\CCCOC1=O. The minimum absolute atomic E-state index is 0.00898. The van der Waals surface area contributed by atoms with Gasteiger partial charge in [0.2, 0.25) is 5.76 Å². The molecule has 0 aromatic rings. The highest BCUT2D eigenvalue weighted by Crippen LogP contribution is 2.17. The Hall–Kier alpha value is -1.52. The summed E-state index contributed by atoms with van der Waals surface area (Å²) in [7, 11) is 0. The molecular formula is C9H12O5. The maximum absolute atomic E-state index is 11.1. The lowest BCUT2D eigenvalue weighted by Crippen LogP contribution is -2.21. The van der Waals surface area contributed by atoms with Gasteiger partial charge in [-0.3, -0.25) is 0 Å². The van der Waals surface area contributed by atoms with E-state index >= 15 is 0 Å². The van der Waals surface area contributed by atoms with Crippen molar-refractivity contribution in [2.45, 2.75) is 19.8 Å². The van der Waals surface area contributed by atoms with Gasteiger partial charge in [0.25, 0.3) is 0 Å². The number of carbonyl (C=O) groups is 2. The summed E-state index contributed by atoms with van der Waals surface area (Å²) in [5, 5.41) is 9.35. The van der Waals surface area contributed by atoms with Crippen molar-refractivity contribution < 1.29 is 24.2 Å². The van der Waals surface area contributed by atoms with Crippen molar-refractivity contribution in [3.05, 3.63) is 11.3 Å². The fourth-order valence-corrected chi connectivity index (χ4v) is 1.14. The van der Waals surface area contributed by atoms with Gasteiger partial charge in [-0.15, -0.1) is 0 Å². The molecule has 78 valence electrons. The summed E-state index contributed by atoms with van der Waals surface area (Å²) in [4.78, 5) is 22.1. The van der Waals surface area contributed by atoms with E-state index in [0.717, 1.165) is 0 Å². The van der Waals surface area contributed by atoms with Crippen LogP contribution in [0.4, 0.5) is 0 Å². The van der Waals surface area contributed by atoms with E-state index in [-0.39, 0.29) is 12.2 Å². The normalized spacial score (nSPS) is 19.9. The average Bonchev–Trinajstić information content (AvgIpc) is 2.18. The summed E-state index contributed by atoms with van der Waals surface area (Å²) < 4.78 is 9.23. The molecule has 5 heteroatoms. The number of aliphatic hydroxyl groups excluding tert-OH is 1. The Morgan fingerprint density at radius 3 is 2.93 bits per heavy atom. The van der Waals surface area contributed by atoms with E-state index in [1.807, 2.05) is 0 Å². The maximum atomic E-state index is 11.1. The molecule has 0 radical (unpaired) electrons. The zero-order valence-electron chi connectivity index (χ0n) is 7.91. The first kappa shape index (κ1) is 10.6. The Morgan fingerprint density at radius 2 is 2.36 bits per heavy atom. The number of aliphatic hydroxyl groups is 1. The third kappa shape index (κ3) is 2.25. The Morgan fingerprint density at radius 1 is 1.64 bits per heavy atom. The molecule has 0 aromatic carbocycles. The summed E-state index contributed by atoms with van der Waals surface area (Å²) in [6, 6.07) is 0. The number of cyclic esters (lactones) is 1. The molecule has 5 nitrogen and oxygen atoms in total. The highest BCUT2D eigenvalue weighted by atomic mass is 16.5. The number of rotatable bonds is 2. The largest absolute Gasteiger partial charge is 0.501 e. The zero-order chi connectivity index (χ0) is 10.6. The van der Waals surface area contributed by atoms with Gasteiger partial charge in [0.15, 0.2) is 0 Å². The molecule has 0 saturated carbocycles. The van der Waals surface area contributed by atoms with Gasteiger partial charge in [0.05, 0.1) is 18.8 Å². The van der Waals surface area contributed by atoms with Gasteiger partial charge in [-0.2, -0.15) is 0 Å². The molecule has 0 unspecified atom stereocenters. The van der Waals surface area contributed by atoms with E-state index in [1.54, 1.807) is 6.92 Å². The Labute approximate surface area is 81.3 Å². The van der Waals surface area contributed by atoms with Gasteiger partial charge in [-0.25, -0.2) is 9.59 Å². The summed E-state index contributed by atoms with van der Waals surface area (Å²) in [5.74, 6) is -2.14. The second-order valence-corrected chi connectivity index (χ2v) is 2.79. The Kier molecular flexibility index (Phi) is 3.50. The molecule has 0 amide bonds. The molecule has 1 rings (SSSR count). The molecule has 0 aromatic heterocycles. The quantitative estimate of drug-likeness (QED) is 0.403. The molecule has 0 atom stereocenters. The molecular weight excluding hydrogens is 188 g/mol. The smallest absolute Gasteiger partial charge is 0.373 e. The van der Waals surface area contributed by atoms with Crippen molar-refractivity contribution in [1.82, 2.24) is 0 Å².